The van der Waals surface area contributed by atoms with Crippen molar-refractivity contribution in [3.8, 4) is 5.75 Å². The van der Waals surface area contributed by atoms with Crippen molar-refractivity contribution in [2.45, 2.75) is 84.7 Å². The van der Waals surface area contributed by atoms with Crippen molar-refractivity contribution in [1.82, 2.24) is 0 Å². The number of hydrogen-bond acceptors (Lipinski definition) is 1. The fourth-order valence-electron chi connectivity index (χ4n) is 4.57. The molecule has 0 radical (unpaired) electrons. The minimum absolute atomic E-state index is 0.0661. The summed E-state index contributed by atoms with van der Waals surface area (Å²) in [6, 6.07) is 4.73. The Morgan fingerprint density at radius 1 is 1.17 bits per heavy atom. The smallest absolute Gasteiger partial charge is 0.124 e. The van der Waals surface area contributed by atoms with Crippen molar-refractivity contribution in [3.05, 3.63) is 40.5 Å². The first-order chi connectivity index (χ1) is 10.9. The molecule has 1 heterocycles. The minimum Gasteiger partial charge on any atom is -0.487 e. The van der Waals surface area contributed by atoms with Crippen LogP contribution in [0.4, 0.5) is 0 Å². The van der Waals surface area contributed by atoms with Gasteiger partial charge in [-0.15, -0.1) is 0 Å². The monoisotopic (exact) mass is 312 g/mol. The van der Waals surface area contributed by atoms with E-state index in [1.54, 1.807) is 5.57 Å². The maximum Gasteiger partial charge on any atom is 0.124 e. The zero-order valence-electron chi connectivity index (χ0n) is 15.5. The highest BCUT2D eigenvalue weighted by atomic mass is 16.5. The molecule has 1 heteroatoms. The summed E-state index contributed by atoms with van der Waals surface area (Å²) in [5.41, 5.74) is 5.79. The number of benzene rings is 1. The van der Waals surface area contributed by atoms with Gasteiger partial charge in [0.1, 0.15) is 11.4 Å². The van der Waals surface area contributed by atoms with Crippen molar-refractivity contribution in [2.75, 3.05) is 0 Å². The number of fused-ring (bicyclic) bond motifs is 3. The third kappa shape index (κ3) is 3.20. The fourth-order valence-corrected chi connectivity index (χ4v) is 4.57. The Labute approximate surface area is 142 Å². The maximum atomic E-state index is 6.52. The minimum atomic E-state index is -0.0661. The molecule has 1 aromatic carbocycles. The molecule has 0 spiro atoms. The molecule has 2 aliphatic rings. The summed E-state index contributed by atoms with van der Waals surface area (Å²) in [6.07, 6.45) is 10.0. The highest BCUT2D eigenvalue weighted by molar-refractivity contribution is 5.50. The lowest BCUT2D eigenvalue weighted by Crippen LogP contribution is -2.45. The van der Waals surface area contributed by atoms with Crippen LogP contribution >= 0.6 is 0 Å². The van der Waals surface area contributed by atoms with Crippen LogP contribution in [0.2, 0.25) is 0 Å². The summed E-state index contributed by atoms with van der Waals surface area (Å²) in [6.45, 7) is 11.4. The molecule has 3 rings (SSSR count). The molecule has 0 fully saturated rings. The van der Waals surface area contributed by atoms with Crippen molar-refractivity contribution in [2.24, 2.45) is 5.92 Å². The van der Waals surface area contributed by atoms with E-state index in [2.05, 4.69) is 52.8 Å². The topological polar surface area (TPSA) is 9.23 Å². The molecule has 23 heavy (non-hydrogen) atoms. The summed E-state index contributed by atoms with van der Waals surface area (Å²) in [4.78, 5) is 0. The van der Waals surface area contributed by atoms with Gasteiger partial charge < -0.3 is 4.74 Å². The van der Waals surface area contributed by atoms with Crippen molar-refractivity contribution >= 4 is 0 Å². The van der Waals surface area contributed by atoms with Gasteiger partial charge in [-0.25, -0.2) is 0 Å². The van der Waals surface area contributed by atoms with E-state index in [9.17, 15) is 0 Å². The standard InChI is InChI=1S/C22H32O/c1-6-7-8-9-17-13-16(3)21-18-12-15(2)10-11-19(18)22(4,5)23-20(21)14-17/h12-14,18-19H,6-11H2,1-5H3. The molecule has 0 saturated carbocycles. The normalized spacial score (nSPS) is 25.2. The van der Waals surface area contributed by atoms with E-state index in [1.165, 1.54) is 55.2 Å². The average molecular weight is 312 g/mol. The Bertz CT molecular complexity index is 609. The molecule has 1 nitrogen and oxygen atoms in total. The van der Waals surface area contributed by atoms with Gasteiger partial charge in [0.05, 0.1) is 0 Å². The largest absolute Gasteiger partial charge is 0.487 e. The molecule has 1 aliphatic carbocycles. The maximum absolute atomic E-state index is 6.52. The van der Waals surface area contributed by atoms with E-state index >= 15 is 0 Å². The predicted molar refractivity (Wildman–Crippen MR) is 98.3 cm³/mol. The first-order valence-electron chi connectivity index (χ1n) is 9.42. The first-order valence-corrected chi connectivity index (χ1v) is 9.42. The molecule has 0 N–H and O–H groups in total. The Hall–Kier alpha value is -1.24. The van der Waals surface area contributed by atoms with Crippen LogP contribution in [-0.4, -0.2) is 5.60 Å². The van der Waals surface area contributed by atoms with Crippen molar-refractivity contribution in [3.63, 3.8) is 0 Å². The second-order valence-corrected chi connectivity index (χ2v) is 8.17. The fraction of sp³-hybridized carbons (Fsp3) is 0.636. The number of aryl methyl sites for hydroxylation is 2. The van der Waals surface area contributed by atoms with Gasteiger partial charge in [-0.2, -0.15) is 0 Å². The lowest BCUT2D eigenvalue weighted by Gasteiger charge is -2.47. The van der Waals surface area contributed by atoms with E-state index in [0.29, 0.717) is 11.8 Å². The van der Waals surface area contributed by atoms with Crippen LogP contribution < -0.4 is 4.74 Å². The van der Waals surface area contributed by atoms with Crippen LogP contribution in [0.25, 0.3) is 0 Å². The Morgan fingerprint density at radius 3 is 2.70 bits per heavy atom. The molecule has 0 bridgehead atoms. The molecular formula is C22H32O. The Kier molecular flexibility index (Phi) is 4.58. The molecule has 0 aromatic heterocycles. The lowest BCUT2D eigenvalue weighted by atomic mass is 9.67. The summed E-state index contributed by atoms with van der Waals surface area (Å²) >= 11 is 0. The van der Waals surface area contributed by atoms with E-state index in [1.807, 2.05) is 0 Å². The molecule has 126 valence electrons. The molecule has 1 aromatic rings. The van der Waals surface area contributed by atoms with Crippen LogP contribution in [0.5, 0.6) is 5.75 Å². The second-order valence-electron chi connectivity index (χ2n) is 8.17. The predicted octanol–water partition coefficient (Wildman–Crippen LogP) is 6.34. The van der Waals surface area contributed by atoms with Gasteiger partial charge in [0.15, 0.2) is 0 Å². The molecule has 1 aliphatic heterocycles. The van der Waals surface area contributed by atoms with Gasteiger partial charge in [0.2, 0.25) is 0 Å². The highest BCUT2D eigenvalue weighted by Crippen LogP contribution is 2.51. The number of unbranched alkanes of at least 4 members (excludes halogenated alkanes) is 2. The zero-order valence-corrected chi connectivity index (χ0v) is 15.5. The van der Waals surface area contributed by atoms with Gasteiger partial charge >= 0.3 is 0 Å². The Morgan fingerprint density at radius 2 is 1.96 bits per heavy atom. The highest BCUT2D eigenvalue weighted by Gasteiger charge is 2.44. The van der Waals surface area contributed by atoms with Crippen LogP contribution in [0.15, 0.2) is 23.8 Å². The average Bonchev–Trinajstić information content (AvgIpc) is 2.46. The summed E-state index contributed by atoms with van der Waals surface area (Å²) in [5, 5.41) is 0. The second kappa shape index (κ2) is 6.34. The van der Waals surface area contributed by atoms with Crippen LogP contribution in [0.3, 0.4) is 0 Å². The van der Waals surface area contributed by atoms with E-state index in [4.69, 9.17) is 4.74 Å². The van der Waals surface area contributed by atoms with E-state index in [0.717, 1.165) is 5.75 Å². The number of hydrogen-bond donors (Lipinski definition) is 0. The molecule has 2 atom stereocenters. The van der Waals surface area contributed by atoms with Gasteiger partial charge in [-0.05, 0) is 70.6 Å². The van der Waals surface area contributed by atoms with Crippen LogP contribution in [0, 0.1) is 12.8 Å². The van der Waals surface area contributed by atoms with Crippen molar-refractivity contribution in [1.29, 1.82) is 0 Å². The molecular weight excluding hydrogens is 280 g/mol. The van der Waals surface area contributed by atoms with E-state index in [-0.39, 0.29) is 5.60 Å². The van der Waals surface area contributed by atoms with Gasteiger partial charge in [-0.3, -0.25) is 0 Å². The summed E-state index contributed by atoms with van der Waals surface area (Å²) in [7, 11) is 0. The summed E-state index contributed by atoms with van der Waals surface area (Å²) < 4.78 is 6.52. The SMILES string of the molecule is CCCCCc1cc(C)c2c(c1)OC(C)(C)C1CCC(C)=CC21. The lowest BCUT2D eigenvalue weighted by molar-refractivity contribution is 0.0113. The Balaban J connectivity index is 1.99. The number of allylic oxidation sites excluding steroid dienone is 2. The molecule has 0 saturated heterocycles. The van der Waals surface area contributed by atoms with Crippen LogP contribution in [0.1, 0.15) is 82.4 Å². The van der Waals surface area contributed by atoms with Gasteiger partial charge in [0, 0.05) is 17.4 Å². The zero-order chi connectivity index (χ0) is 16.6. The molecule has 2 unspecified atom stereocenters. The first kappa shape index (κ1) is 16.6. The number of rotatable bonds is 4. The van der Waals surface area contributed by atoms with Crippen LogP contribution in [-0.2, 0) is 6.42 Å². The third-order valence-electron chi connectivity index (χ3n) is 5.82. The molecule has 0 amide bonds. The van der Waals surface area contributed by atoms with Crippen molar-refractivity contribution < 1.29 is 4.74 Å². The summed E-state index contributed by atoms with van der Waals surface area (Å²) in [5.74, 6) is 2.28. The van der Waals surface area contributed by atoms with Gasteiger partial charge in [-0.1, -0.05) is 37.5 Å². The van der Waals surface area contributed by atoms with Gasteiger partial charge in [0.25, 0.3) is 0 Å². The van der Waals surface area contributed by atoms with E-state index < -0.39 is 0 Å². The quantitative estimate of drug-likeness (QED) is 0.465. The number of ether oxygens (including phenoxy) is 1. The third-order valence-corrected chi connectivity index (χ3v) is 5.82.